The first-order valence-electron chi connectivity index (χ1n) is 8.33. The van der Waals surface area contributed by atoms with Gasteiger partial charge in [0, 0.05) is 17.9 Å². The molecule has 0 aliphatic carbocycles. The first-order valence-corrected chi connectivity index (χ1v) is 9.15. The van der Waals surface area contributed by atoms with Crippen LogP contribution in [0.15, 0.2) is 18.2 Å². The van der Waals surface area contributed by atoms with E-state index in [1.54, 1.807) is 25.1 Å². The minimum absolute atomic E-state index is 0.254. The fourth-order valence-electron chi connectivity index (χ4n) is 2.42. The topological polar surface area (TPSA) is 103 Å². The lowest BCUT2D eigenvalue weighted by Crippen LogP contribution is -2.22. The quantitative estimate of drug-likeness (QED) is 0.685. The number of thiophene rings is 1. The lowest BCUT2D eigenvalue weighted by atomic mass is 10.1. The summed E-state index contributed by atoms with van der Waals surface area (Å²) in [5.74, 6) is -0.530. The number of carbonyl (C=O) groups is 3. The number of benzene rings is 1. The fourth-order valence-corrected chi connectivity index (χ4v) is 3.52. The minimum Gasteiger partial charge on any atom is -0.497 e. The van der Waals surface area contributed by atoms with E-state index < -0.39 is 18.5 Å². The number of aryl methyl sites for hydroxylation is 1. The third-order valence-electron chi connectivity index (χ3n) is 3.89. The number of methoxy groups -OCH3 is 2. The van der Waals surface area contributed by atoms with Gasteiger partial charge in [-0.25, -0.2) is 4.79 Å². The van der Waals surface area contributed by atoms with Gasteiger partial charge in [-0.1, -0.05) is 0 Å². The van der Waals surface area contributed by atoms with Gasteiger partial charge >= 0.3 is 5.97 Å². The highest BCUT2D eigenvalue weighted by Gasteiger charge is 2.22. The van der Waals surface area contributed by atoms with Crippen molar-refractivity contribution in [1.82, 2.24) is 0 Å². The van der Waals surface area contributed by atoms with Crippen LogP contribution in [-0.2, 0) is 14.3 Å². The van der Waals surface area contributed by atoms with Crippen LogP contribution in [0.1, 0.15) is 27.7 Å². The van der Waals surface area contributed by atoms with E-state index in [-0.39, 0.29) is 11.5 Å². The molecule has 2 aromatic rings. The monoisotopic (exact) mass is 406 g/mol. The molecule has 2 N–H and O–H groups in total. The van der Waals surface area contributed by atoms with Crippen molar-refractivity contribution in [3.8, 4) is 11.5 Å². The highest BCUT2D eigenvalue weighted by Crippen LogP contribution is 2.33. The predicted octanol–water partition coefficient (Wildman–Crippen LogP) is 3.14. The van der Waals surface area contributed by atoms with Crippen LogP contribution in [-0.4, -0.2) is 38.6 Å². The van der Waals surface area contributed by atoms with Crippen molar-refractivity contribution in [3.05, 3.63) is 34.2 Å². The number of esters is 1. The van der Waals surface area contributed by atoms with E-state index >= 15 is 0 Å². The van der Waals surface area contributed by atoms with E-state index in [1.165, 1.54) is 32.5 Å². The zero-order chi connectivity index (χ0) is 20.8. The molecule has 0 fully saturated rings. The molecule has 2 rings (SSSR count). The third kappa shape index (κ3) is 5.01. The van der Waals surface area contributed by atoms with Gasteiger partial charge in [-0.05, 0) is 31.5 Å². The summed E-state index contributed by atoms with van der Waals surface area (Å²) >= 11 is 1.28. The molecule has 1 aromatic carbocycles. The van der Waals surface area contributed by atoms with Crippen molar-refractivity contribution >= 4 is 39.8 Å². The normalized spacial score (nSPS) is 10.2. The molecule has 1 aromatic heterocycles. The highest BCUT2D eigenvalue weighted by atomic mass is 32.1. The molecular formula is C19H22N2O6S. The van der Waals surface area contributed by atoms with Gasteiger partial charge in [-0.3, -0.25) is 9.59 Å². The molecule has 0 bridgehead atoms. The smallest absolute Gasteiger partial charge is 0.341 e. The van der Waals surface area contributed by atoms with Gasteiger partial charge in [-0.15, -0.1) is 11.3 Å². The van der Waals surface area contributed by atoms with Gasteiger partial charge in [0.2, 0.25) is 5.91 Å². The maximum Gasteiger partial charge on any atom is 0.341 e. The molecule has 0 saturated carbocycles. The van der Waals surface area contributed by atoms with E-state index in [4.69, 9.17) is 14.2 Å². The van der Waals surface area contributed by atoms with Gasteiger partial charge in [0.15, 0.2) is 6.61 Å². The molecule has 0 aliphatic heterocycles. The van der Waals surface area contributed by atoms with E-state index in [1.807, 2.05) is 6.92 Å². The average Bonchev–Trinajstić information content (AvgIpc) is 2.92. The first-order chi connectivity index (χ1) is 13.3. The van der Waals surface area contributed by atoms with Gasteiger partial charge in [0.05, 0.1) is 25.5 Å². The molecular weight excluding hydrogens is 384 g/mol. The Bertz CT molecular complexity index is 906. The largest absolute Gasteiger partial charge is 0.497 e. The van der Waals surface area contributed by atoms with Crippen LogP contribution in [0, 0.1) is 13.8 Å². The highest BCUT2D eigenvalue weighted by molar-refractivity contribution is 7.16. The van der Waals surface area contributed by atoms with Crippen LogP contribution in [0.25, 0.3) is 0 Å². The Morgan fingerprint density at radius 1 is 1.07 bits per heavy atom. The number of anilines is 2. The lowest BCUT2D eigenvalue weighted by Gasteiger charge is -2.12. The van der Waals surface area contributed by atoms with Crippen LogP contribution < -0.4 is 20.1 Å². The second-order valence-corrected chi connectivity index (χ2v) is 7.08. The maximum absolute atomic E-state index is 12.5. The Labute approximate surface area is 166 Å². The summed E-state index contributed by atoms with van der Waals surface area (Å²) in [7, 11) is 2.98. The van der Waals surface area contributed by atoms with Crippen LogP contribution >= 0.6 is 11.3 Å². The molecule has 28 heavy (non-hydrogen) atoms. The summed E-state index contributed by atoms with van der Waals surface area (Å²) in [5.41, 5.74) is 1.35. The summed E-state index contributed by atoms with van der Waals surface area (Å²) in [6, 6.07) is 4.94. The number of nitrogens with one attached hydrogen (secondary N) is 2. The molecule has 0 aliphatic rings. The standard InChI is InChI=1S/C19H22N2O6S/c1-10-11(2)28-18(20-12(3)22)17(10)19(24)27-9-16(23)21-14-8-13(25-4)6-7-15(14)26-5/h6-8H,9H2,1-5H3,(H,20,22)(H,21,23). The number of carbonyl (C=O) groups excluding carboxylic acids is 3. The Morgan fingerprint density at radius 2 is 1.79 bits per heavy atom. The van der Waals surface area contributed by atoms with Crippen molar-refractivity contribution in [3.63, 3.8) is 0 Å². The van der Waals surface area contributed by atoms with E-state index in [2.05, 4.69) is 10.6 Å². The van der Waals surface area contributed by atoms with Crippen LogP contribution in [0.5, 0.6) is 11.5 Å². The number of amides is 2. The molecule has 2 amide bonds. The summed E-state index contributed by atoms with van der Waals surface area (Å²) in [4.78, 5) is 36.9. The molecule has 0 radical (unpaired) electrons. The summed E-state index contributed by atoms with van der Waals surface area (Å²) in [5, 5.41) is 5.65. The van der Waals surface area contributed by atoms with Crippen LogP contribution in [0.3, 0.4) is 0 Å². The average molecular weight is 406 g/mol. The molecule has 8 nitrogen and oxygen atoms in total. The molecule has 0 unspecified atom stereocenters. The summed E-state index contributed by atoms with van der Waals surface area (Å²) < 4.78 is 15.5. The molecule has 1 heterocycles. The molecule has 150 valence electrons. The van der Waals surface area contributed by atoms with E-state index in [0.29, 0.717) is 27.8 Å². The molecule has 0 atom stereocenters. The van der Waals surface area contributed by atoms with Crippen molar-refractivity contribution in [1.29, 1.82) is 0 Å². The van der Waals surface area contributed by atoms with Gasteiger partial charge in [-0.2, -0.15) is 0 Å². The Kier molecular flexibility index (Phi) is 7.00. The summed E-state index contributed by atoms with van der Waals surface area (Å²) in [6.45, 7) is 4.46. The van der Waals surface area contributed by atoms with Crippen LogP contribution in [0.2, 0.25) is 0 Å². The molecule has 9 heteroatoms. The zero-order valence-electron chi connectivity index (χ0n) is 16.3. The second-order valence-electron chi connectivity index (χ2n) is 5.86. The minimum atomic E-state index is -0.682. The van der Waals surface area contributed by atoms with Gasteiger partial charge in [0.25, 0.3) is 5.91 Å². The predicted molar refractivity (Wildman–Crippen MR) is 107 cm³/mol. The van der Waals surface area contributed by atoms with Crippen molar-refractivity contribution in [2.24, 2.45) is 0 Å². The maximum atomic E-state index is 12.5. The van der Waals surface area contributed by atoms with Crippen molar-refractivity contribution in [2.75, 3.05) is 31.5 Å². The molecule has 0 saturated heterocycles. The second kappa shape index (κ2) is 9.23. The number of ether oxygens (including phenoxy) is 3. The van der Waals surface area contributed by atoms with Gasteiger partial charge < -0.3 is 24.8 Å². The number of rotatable bonds is 7. The Balaban J connectivity index is 2.08. The zero-order valence-corrected chi connectivity index (χ0v) is 17.1. The van der Waals surface area contributed by atoms with Gasteiger partial charge in [0.1, 0.15) is 16.5 Å². The Hall–Kier alpha value is -3.07. The van der Waals surface area contributed by atoms with E-state index in [0.717, 1.165) is 4.88 Å². The SMILES string of the molecule is COc1ccc(OC)c(NC(=O)COC(=O)c2c(NC(C)=O)sc(C)c2C)c1. The van der Waals surface area contributed by atoms with Crippen molar-refractivity contribution < 1.29 is 28.6 Å². The fraction of sp³-hybridized carbons (Fsp3) is 0.316. The lowest BCUT2D eigenvalue weighted by molar-refractivity contribution is -0.119. The number of hydrogen-bond donors (Lipinski definition) is 2. The van der Waals surface area contributed by atoms with Crippen molar-refractivity contribution in [2.45, 2.75) is 20.8 Å². The van der Waals surface area contributed by atoms with Crippen LogP contribution in [0.4, 0.5) is 10.7 Å². The summed E-state index contributed by atoms with van der Waals surface area (Å²) in [6.07, 6.45) is 0. The third-order valence-corrected chi connectivity index (χ3v) is 5.02. The van der Waals surface area contributed by atoms with E-state index in [9.17, 15) is 14.4 Å². The molecule has 0 spiro atoms. The number of hydrogen-bond acceptors (Lipinski definition) is 7. The first kappa shape index (κ1) is 21.2. The Morgan fingerprint density at radius 3 is 2.39 bits per heavy atom.